The fraction of sp³-hybridized carbons (Fsp3) is 0.263. The lowest BCUT2D eigenvalue weighted by Gasteiger charge is -2.05. The van der Waals surface area contributed by atoms with Gasteiger partial charge in [0.05, 0.1) is 17.8 Å². The Bertz CT molecular complexity index is 935. The van der Waals surface area contributed by atoms with Crippen LogP contribution < -0.4 is 0 Å². The standard InChI is InChI=1S/C19H19N5/c1-13(2)24-18-9-8-15(11-16(18)22-23-24)17-12-20-19(21-17)10-14-6-4-3-5-7-14/h3-9,11,13H,10,12H2,1-2H3. The molecule has 4 rings (SSSR count). The van der Waals surface area contributed by atoms with Gasteiger partial charge in [-0.2, -0.15) is 0 Å². The van der Waals surface area contributed by atoms with Crippen LogP contribution in [-0.2, 0) is 6.42 Å². The van der Waals surface area contributed by atoms with Crippen molar-refractivity contribution in [3.05, 3.63) is 59.7 Å². The molecule has 5 nitrogen and oxygen atoms in total. The van der Waals surface area contributed by atoms with E-state index in [2.05, 4.69) is 59.5 Å². The van der Waals surface area contributed by atoms with Gasteiger partial charge in [0.15, 0.2) is 0 Å². The van der Waals surface area contributed by atoms with Crippen LogP contribution in [0.1, 0.15) is 31.0 Å². The highest BCUT2D eigenvalue weighted by Gasteiger charge is 2.15. The SMILES string of the molecule is CC(C)n1nnc2cc(C3=NC(Cc4ccccc4)=NC3)ccc21. The summed E-state index contributed by atoms with van der Waals surface area (Å²) in [5.74, 6) is 0.891. The van der Waals surface area contributed by atoms with E-state index in [0.29, 0.717) is 12.6 Å². The molecule has 2 aromatic carbocycles. The second-order valence-electron chi connectivity index (χ2n) is 6.28. The number of amidine groups is 1. The summed E-state index contributed by atoms with van der Waals surface area (Å²) < 4.78 is 1.94. The molecule has 0 amide bonds. The monoisotopic (exact) mass is 317 g/mol. The van der Waals surface area contributed by atoms with E-state index in [-0.39, 0.29) is 0 Å². The molecule has 0 saturated carbocycles. The summed E-state index contributed by atoms with van der Waals surface area (Å²) in [5, 5.41) is 8.51. The van der Waals surface area contributed by atoms with Crippen molar-refractivity contribution in [3.63, 3.8) is 0 Å². The van der Waals surface area contributed by atoms with Crippen LogP contribution in [0, 0.1) is 0 Å². The lowest BCUT2D eigenvalue weighted by molar-refractivity contribution is 0.530. The number of hydrogen-bond donors (Lipinski definition) is 0. The molecule has 2 heterocycles. The van der Waals surface area contributed by atoms with Crippen molar-refractivity contribution < 1.29 is 0 Å². The highest BCUT2D eigenvalue weighted by Crippen LogP contribution is 2.19. The molecule has 0 saturated heterocycles. The number of aromatic nitrogens is 3. The number of hydrogen-bond acceptors (Lipinski definition) is 4. The van der Waals surface area contributed by atoms with E-state index in [9.17, 15) is 0 Å². The van der Waals surface area contributed by atoms with Gasteiger partial charge in [-0.05, 0) is 31.5 Å². The lowest BCUT2D eigenvalue weighted by Crippen LogP contribution is -2.04. The van der Waals surface area contributed by atoms with Crippen molar-refractivity contribution in [1.29, 1.82) is 0 Å². The van der Waals surface area contributed by atoms with Crippen LogP contribution in [0.2, 0.25) is 0 Å². The summed E-state index contributed by atoms with van der Waals surface area (Å²) in [6.07, 6.45) is 0.774. The van der Waals surface area contributed by atoms with Crippen LogP contribution in [0.3, 0.4) is 0 Å². The van der Waals surface area contributed by atoms with E-state index in [1.54, 1.807) is 0 Å². The van der Waals surface area contributed by atoms with Gasteiger partial charge in [0, 0.05) is 18.0 Å². The van der Waals surface area contributed by atoms with Gasteiger partial charge >= 0.3 is 0 Å². The quantitative estimate of drug-likeness (QED) is 0.740. The Balaban J connectivity index is 1.58. The highest BCUT2D eigenvalue weighted by atomic mass is 15.4. The van der Waals surface area contributed by atoms with E-state index in [1.807, 2.05) is 22.9 Å². The number of fused-ring (bicyclic) bond motifs is 1. The second kappa shape index (κ2) is 6.00. The van der Waals surface area contributed by atoms with E-state index in [0.717, 1.165) is 34.6 Å². The van der Waals surface area contributed by atoms with E-state index in [4.69, 9.17) is 4.99 Å². The molecule has 120 valence electrons. The first-order valence-corrected chi connectivity index (χ1v) is 8.21. The minimum Gasteiger partial charge on any atom is -0.264 e. The Morgan fingerprint density at radius 1 is 1.08 bits per heavy atom. The van der Waals surface area contributed by atoms with Crippen molar-refractivity contribution in [2.24, 2.45) is 9.98 Å². The second-order valence-corrected chi connectivity index (χ2v) is 6.28. The maximum Gasteiger partial charge on any atom is 0.128 e. The Morgan fingerprint density at radius 3 is 2.71 bits per heavy atom. The van der Waals surface area contributed by atoms with E-state index >= 15 is 0 Å². The number of nitrogens with zero attached hydrogens (tertiary/aromatic N) is 5. The van der Waals surface area contributed by atoms with Crippen molar-refractivity contribution in [3.8, 4) is 0 Å². The molecule has 1 aliphatic rings. The van der Waals surface area contributed by atoms with Crippen LogP contribution >= 0.6 is 0 Å². The zero-order valence-electron chi connectivity index (χ0n) is 13.8. The summed E-state index contributed by atoms with van der Waals surface area (Å²) >= 11 is 0. The largest absolute Gasteiger partial charge is 0.264 e. The molecule has 24 heavy (non-hydrogen) atoms. The smallest absolute Gasteiger partial charge is 0.128 e. The van der Waals surface area contributed by atoms with Crippen molar-refractivity contribution in [1.82, 2.24) is 15.0 Å². The Morgan fingerprint density at radius 2 is 1.92 bits per heavy atom. The first-order chi connectivity index (χ1) is 11.7. The summed E-state index contributed by atoms with van der Waals surface area (Å²) in [7, 11) is 0. The third-order valence-electron chi connectivity index (χ3n) is 4.17. The van der Waals surface area contributed by atoms with Gasteiger partial charge in [0.2, 0.25) is 0 Å². The average molecular weight is 317 g/mol. The van der Waals surface area contributed by atoms with Crippen LogP contribution in [0.25, 0.3) is 11.0 Å². The van der Waals surface area contributed by atoms with Gasteiger partial charge in [-0.25, -0.2) is 9.67 Å². The lowest BCUT2D eigenvalue weighted by atomic mass is 10.1. The number of benzene rings is 2. The molecular weight excluding hydrogens is 298 g/mol. The van der Waals surface area contributed by atoms with Crippen LogP contribution in [0.15, 0.2) is 58.5 Å². The summed E-state index contributed by atoms with van der Waals surface area (Å²) in [5.41, 5.74) is 5.27. The van der Waals surface area contributed by atoms with Gasteiger partial charge in [-0.1, -0.05) is 41.6 Å². The molecule has 1 aliphatic heterocycles. The Hall–Kier alpha value is -2.82. The van der Waals surface area contributed by atoms with Gasteiger partial charge in [-0.15, -0.1) is 5.10 Å². The maximum atomic E-state index is 4.71. The maximum absolute atomic E-state index is 4.71. The molecule has 0 N–H and O–H groups in total. The zero-order chi connectivity index (χ0) is 16.5. The molecule has 5 heteroatoms. The normalized spacial score (nSPS) is 14.3. The number of rotatable bonds is 4. The molecule has 1 aromatic heterocycles. The van der Waals surface area contributed by atoms with Gasteiger partial charge in [-0.3, -0.25) is 4.99 Å². The van der Waals surface area contributed by atoms with Crippen molar-refractivity contribution >= 4 is 22.6 Å². The minimum absolute atomic E-state index is 0.297. The molecule has 0 bridgehead atoms. The van der Waals surface area contributed by atoms with Gasteiger partial charge in [0.1, 0.15) is 11.4 Å². The molecule has 0 aliphatic carbocycles. The van der Waals surface area contributed by atoms with Crippen molar-refractivity contribution in [2.45, 2.75) is 26.3 Å². The van der Waals surface area contributed by atoms with Crippen molar-refractivity contribution in [2.75, 3.05) is 6.54 Å². The van der Waals surface area contributed by atoms with Gasteiger partial charge in [0.25, 0.3) is 0 Å². The highest BCUT2D eigenvalue weighted by molar-refractivity contribution is 6.13. The van der Waals surface area contributed by atoms with Crippen LogP contribution in [-0.4, -0.2) is 33.1 Å². The summed E-state index contributed by atoms with van der Waals surface area (Å²) in [6.45, 7) is 4.84. The first-order valence-electron chi connectivity index (χ1n) is 8.21. The van der Waals surface area contributed by atoms with E-state index < -0.39 is 0 Å². The predicted molar refractivity (Wildman–Crippen MR) is 96.9 cm³/mol. The third kappa shape index (κ3) is 2.73. The van der Waals surface area contributed by atoms with E-state index in [1.165, 1.54) is 5.56 Å². The minimum atomic E-state index is 0.297. The zero-order valence-corrected chi connectivity index (χ0v) is 13.8. The molecule has 0 radical (unpaired) electrons. The topological polar surface area (TPSA) is 55.4 Å². The first kappa shape index (κ1) is 14.8. The average Bonchev–Trinajstić information content (AvgIpc) is 3.22. The Labute approximate surface area is 140 Å². The third-order valence-corrected chi connectivity index (χ3v) is 4.17. The molecule has 0 unspecified atom stereocenters. The fourth-order valence-electron chi connectivity index (χ4n) is 2.93. The predicted octanol–water partition coefficient (Wildman–Crippen LogP) is 3.46. The fourth-order valence-corrected chi connectivity index (χ4v) is 2.93. The number of aliphatic imine (C=N–C) groups is 2. The Kier molecular flexibility index (Phi) is 3.69. The molecule has 0 spiro atoms. The molecule has 3 aromatic rings. The molecular formula is C19H19N5. The van der Waals surface area contributed by atoms with Crippen LogP contribution in [0.5, 0.6) is 0 Å². The molecule has 0 fully saturated rings. The summed E-state index contributed by atoms with van der Waals surface area (Å²) in [6, 6.07) is 16.8. The van der Waals surface area contributed by atoms with Crippen LogP contribution in [0.4, 0.5) is 0 Å². The van der Waals surface area contributed by atoms with Gasteiger partial charge < -0.3 is 0 Å². The molecule has 0 atom stereocenters. The summed E-state index contributed by atoms with van der Waals surface area (Å²) in [4.78, 5) is 9.29.